The summed E-state index contributed by atoms with van der Waals surface area (Å²) >= 11 is 0. The molecule has 0 fully saturated rings. The summed E-state index contributed by atoms with van der Waals surface area (Å²) in [6, 6.07) is 9.05. The van der Waals surface area contributed by atoms with E-state index < -0.39 is 5.79 Å². The lowest BCUT2D eigenvalue weighted by Gasteiger charge is -2.41. The van der Waals surface area contributed by atoms with Crippen LogP contribution >= 0.6 is 15.8 Å². The smallest absolute Gasteiger partial charge is 0.199 e. The van der Waals surface area contributed by atoms with Gasteiger partial charge in [0.1, 0.15) is 0 Å². The molecule has 2 nitrogen and oxygen atoms in total. The van der Waals surface area contributed by atoms with Gasteiger partial charge in [-0.1, -0.05) is 108 Å². The molecule has 0 spiro atoms. The highest BCUT2D eigenvalue weighted by Gasteiger charge is 2.42. The van der Waals surface area contributed by atoms with Crippen molar-refractivity contribution in [3.05, 3.63) is 47.3 Å². The average molecular weight is 449 g/mol. The maximum absolute atomic E-state index is 6.18. The normalized spacial score (nSPS) is 16.9. The Labute approximate surface area is 188 Å². The standard InChI is InChI=1S/C26H42O2P2/c1-18(2)29(19(3)4)23-15-12-11-14-22(23)25-24(30(20(5)6)21(7)8)16-13-17-26(25,27-9)28-10/h11-16,18-21H,17H2,1-10H3. The highest BCUT2D eigenvalue weighted by molar-refractivity contribution is 7.67. The van der Waals surface area contributed by atoms with Crippen molar-refractivity contribution in [2.45, 2.75) is 90.2 Å². The molecule has 168 valence electrons. The quantitative estimate of drug-likeness (QED) is 0.286. The molecule has 1 aliphatic rings. The minimum Gasteiger partial charge on any atom is -0.349 e. The van der Waals surface area contributed by atoms with Gasteiger partial charge in [0.25, 0.3) is 0 Å². The first-order chi connectivity index (χ1) is 14.1. The van der Waals surface area contributed by atoms with Crippen molar-refractivity contribution in [3.8, 4) is 0 Å². The van der Waals surface area contributed by atoms with Gasteiger partial charge in [-0.25, -0.2) is 0 Å². The molecule has 0 heterocycles. The lowest BCUT2D eigenvalue weighted by Crippen LogP contribution is -2.38. The summed E-state index contributed by atoms with van der Waals surface area (Å²) in [4.78, 5) is 0. The second-order valence-corrected chi connectivity index (χ2v) is 16.0. The molecule has 1 aromatic rings. The lowest BCUT2D eigenvalue weighted by molar-refractivity contribution is -0.159. The summed E-state index contributed by atoms with van der Waals surface area (Å²) in [6.07, 6.45) is 5.37. The Morgan fingerprint density at radius 2 is 1.27 bits per heavy atom. The van der Waals surface area contributed by atoms with Crippen molar-refractivity contribution < 1.29 is 9.47 Å². The fraction of sp³-hybridized carbons (Fsp3) is 0.615. The SMILES string of the molecule is COC1(OC)CC=CC(P(C(C)C)C(C)C)=C1c1ccccc1P(C(C)C)C(C)C. The van der Waals surface area contributed by atoms with Crippen LogP contribution in [0.25, 0.3) is 5.57 Å². The van der Waals surface area contributed by atoms with Crippen LogP contribution in [0.2, 0.25) is 0 Å². The summed E-state index contributed by atoms with van der Waals surface area (Å²) in [5.74, 6) is -0.723. The number of rotatable bonds is 9. The molecular weight excluding hydrogens is 406 g/mol. The Hall–Kier alpha value is -0.520. The van der Waals surface area contributed by atoms with Gasteiger partial charge in [-0.2, -0.15) is 0 Å². The van der Waals surface area contributed by atoms with Crippen molar-refractivity contribution in [3.63, 3.8) is 0 Å². The third kappa shape index (κ3) is 5.10. The molecule has 0 atom stereocenters. The predicted molar refractivity (Wildman–Crippen MR) is 138 cm³/mol. The Bertz CT molecular complexity index is 742. The molecule has 4 heteroatoms. The van der Waals surface area contributed by atoms with E-state index in [1.54, 1.807) is 14.2 Å². The molecule has 1 aliphatic carbocycles. The Morgan fingerprint density at radius 1 is 0.767 bits per heavy atom. The van der Waals surface area contributed by atoms with Crippen LogP contribution in [0.4, 0.5) is 0 Å². The van der Waals surface area contributed by atoms with Crippen molar-refractivity contribution in [2.75, 3.05) is 14.2 Å². The fourth-order valence-corrected chi connectivity index (χ4v) is 11.1. The van der Waals surface area contributed by atoms with Crippen molar-refractivity contribution >= 4 is 26.7 Å². The van der Waals surface area contributed by atoms with E-state index in [0.29, 0.717) is 22.6 Å². The summed E-state index contributed by atoms with van der Waals surface area (Å²) in [5.41, 5.74) is 5.06. The Morgan fingerprint density at radius 3 is 1.73 bits per heavy atom. The summed E-state index contributed by atoms with van der Waals surface area (Å²) < 4.78 is 12.4. The van der Waals surface area contributed by atoms with Crippen molar-refractivity contribution in [1.82, 2.24) is 0 Å². The predicted octanol–water partition coefficient (Wildman–Crippen LogP) is 7.57. The maximum atomic E-state index is 6.18. The minimum absolute atomic E-state index is 0.302. The van der Waals surface area contributed by atoms with Crippen molar-refractivity contribution in [1.29, 1.82) is 0 Å². The number of ether oxygens (including phenoxy) is 2. The van der Waals surface area contributed by atoms with Crippen LogP contribution in [0.3, 0.4) is 0 Å². The van der Waals surface area contributed by atoms with Crippen LogP contribution in [0.15, 0.2) is 41.7 Å². The van der Waals surface area contributed by atoms with Gasteiger partial charge >= 0.3 is 0 Å². The molecule has 0 N–H and O–H groups in total. The van der Waals surface area contributed by atoms with Gasteiger partial charge in [-0.05, 0) is 38.8 Å². The topological polar surface area (TPSA) is 18.5 Å². The summed E-state index contributed by atoms with van der Waals surface area (Å²) in [7, 11) is 2.94. The fourth-order valence-electron chi connectivity index (χ4n) is 4.93. The van der Waals surface area contributed by atoms with Gasteiger partial charge in [0.15, 0.2) is 5.79 Å². The molecule has 0 aromatic heterocycles. The van der Waals surface area contributed by atoms with Crippen molar-refractivity contribution in [2.24, 2.45) is 0 Å². The molecule has 1 aromatic carbocycles. The van der Waals surface area contributed by atoms with E-state index in [1.807, 2.05) is 0 Å². The third-order valence-corrected chi connectivity index (χ3v) is 12.2. The first-order valence-corrected chi connectivity index (χ1v) is 14.2. The first-order valence-electron chi connectivity index (χ1n) is 11.3. The van der Waals surface area contributed by atoms with Crippen LogP contribution < -0.4 is 5.30 Å². The maximum Gasteiger partial charge on any atom is 0.199 e. The van der Waals surface area contributed by atoms with Gasteiger partial charge < -0.3 is 9.47 Å². The molecule has 0 amide bonds. The van der Waals surface area contributed by atoms with E-state index in [2.05, 4.69) is 91.8 Å². The number of hydrogen-bond acceptors (Lipinski definition) is 2. The molecule has 2 rings (SSSR count). The van der Waals surface area contributed by atoms with Gasteiger partial charge in [-0.3, -0.25) is 0 Å². The van der Waals surface area contributed by atoms with Crippen LogP contribution in [-0.4, -0.2) is 42.6 Å². The van der Waals surface area contributed by atoms with E-state index in [4.69, 9.17) is 9.47 Å². The number of hydrogen-bond donors (Lipinski definition) is 0. The third-order valence-electron chi connectivity index (χ3n) is 5.91. The van der Waals surface area contributed by atoms with Gasteiger partial charge in [0.05, 0.1) is 0 Å². The van der Waals surface area contributed by atoms with E-state index in [1.165, 1.54) is 21.8 Å². The largest absolute Gasteiger partial charge is 0.349 e. The Kier molecular flexibility index (Phi) is 9.33. The zero-order valence-corrected chi connectivity index (χ0v) is 22.5. The molecular formula is C26H42O2P2. The van der Waals surface area contributed by atoms with Gasteiger partial charge in [-0.15, -0.1) is 0 Å². The molecule has 0 saturated heterocycles. The zero-order valence-electron chi connectivity index (χ0n) is 20.7. The Balaban J connectivity index is 2.91. The number of benzene rings is 1. The van der Waals surface area contributed by atoms with E-state index in [-0.39, 0.29) is 15.8 Å². The van der Waals surface area contributed by atoms with Crippen LogP contribution in [0.1, 0.15) is 67.4 Å². The zero-order chi connectivity index (χ0) is 22.6. The minimum atomic E-state index is -0.723. The number of methoxy groups -OCH3 is 2. The van der Waals surface area contributed by atoms with E-state index in [0.717, 1.165) is 6.42 Å². The molecule has 0 aliphatic heterocycles. The molecule has 30 heavy (non-hydrogen) atoms. The monoisotopic (exact) mass is 448 g/mol. The molecule has 0 saturated carbocycles. The summed E-state index contributed by atoms with van der Waals surface area (Å²) in [5, 5.41) is 2.93. The number of allylic oxidation sites excluding steroid dienone is 2. The van der Waals surface area contributed by atoms with E-state index >= 15 is 0 Å². The average Bonchev–Trinajstić information content (AvgIpc) is 2.67. The second-order valence-electron chi connectivity index (χ2n) is 9.23. The molecule has 0 unspecified atom stereocenters. The molecule has 0 bridgehead atoms. The second kappa shape index (κ2) is 10.9. The van der Waals surface area contributed by atoms with Crippen LogP contribution in [-0.2, 0) is 9.47 Å². The lowest BCUT2D eigenvalue weighted by atomic mass is 9.90. The highest BCUT2D eigenvalue weighted by Crippen LogP contribution is 2.60. The van der Waals surface area contributed by atoms with Crippen LogP contribution in [0.5, 0.6) is 0 Å². The summed E-state index contributed by atoms with van der Waals surface area (Å²) in [6.45, 7) is 18.9. The molecule has 0 radical (unpaired) electrons. The first kappa shape index (κ1) is 25.7. The highest BCUT2D eigenvalue weighted by atomic mass is 31.1. The van der Waals surface area contributed by atoms with Crippen LogP contribution in [0, 0.1) is 0 Å². The van der Waals surface area contributed by atoms with E-state index in [9.17, 15) is 0 Å². The van der Waals surface area contributed by atoms with Gasteiger partial charge in [0, 0.05) is 26.2 Å². The van der Waals surface area contributed by atoms with Gasteiger partial charge in [0.2, 0.25) is 0 Å².